The first kappa shape index (κ1) is 24.8. The molecule has 0 radical (unpaired) electrons. The monoisotopic (exact) mass is 486 g/mol. The van der Waals surface area contributed by atoms with Crippen LogP contribution in [0.25, 0.3) is 0 Å². The van der Waals surface area contributed by atoms with E-state index in [-0.39, 0.29) is 16.7 Å². The minimum absolute atomic E-state index is 0.0559. The number of nitrogens with zero attached hydrogens (tertiary/aromatic N) is 1. The molecule has 2 aromatic rings. The second kappa shape index (κ2) is 11.9. The predicted octanol–water partition coefficient (Wildman–Crippen LogP) is 5.35. The maximum Gasteiger partial charge on any atom is 0.307 e. The summed E-state index contributed by atoms with van der Waals surface area (Å²) in [6.07, 6.45) is 13.2. The van der Waals surface area contributed by atoms with Crippen LogP contribution in [-0.2, 0) is 11.2 Å². The van der Waals surface area contributed by atoms with E-state index < -0.39 is 0 Å². The number of likely N-dealkylation sites (N-methyl/N-ethyl adjacent to an activating group) is 1. The Morgan fingerprint density at radius 1 is 1.15 bits per heavy atom. The van der Waals surface area contributed by atoms with E-state index in [1.807, 2.05) is 31.3 Å². The summed E-state index contributed by atoms with van der Waals surface area (Å²) < 4.78 is 5.81. The van der Waals surface area contributed by atoms with Crippen LogP contribution in [-0.4, -0.2) is 41.1 Å². The fourth-order valence-electron chi connectivity index (χ4n) is 5.75. The van der Waals surface area contributed by atoms with Crippen LogP contribution in [0.5, 0.6) is 11.6 Å². The Hall–Kier alpha value is -2.28. The smallest absolute Gasteiger partial charge is 0.307 e. The van der Waals surface area contributed by atoms with Crippen molar-refractivity contribution in [3.63, 3.8) is 0 Å². The highest BCUT2D eigenvalue weighted by atomic mass is 32.1. The highest BCUT2D eigenvalue weighted by Gasteiger charge is 2.31. The van der Waals surface area contributed by atoms with Crippen molar-refractivity contribution in [3.05, 3.63) is 44.4 Å². The molecule has 0 spiro atoms. The molecule has 1 heterocycles. The molecular formula is C27H38N2O4S. The second-order valence-corrected chi connectivity index (χ2v) is 11.2. The molecule has 1 aromatic carbocycles. The number of amides is 1. The van der Waals surface area contributed by atoms with E-state index in [2.05, 4.69) is 4.98 Å². The third-order valence-electron chi connectivity index (χ3n) is 7.76. The van der Waals surface area contributed by atoms with Crippen LogP contribution in [0.3, 0.4) is 0 Å². The summed E-state index contributed by atoms with van der Waals surface area (Å²) in [6.45, 7) is 1.02. The quantitative estimate of drug-likeness (QED) is 0.474. The highest BCUT2D eigenvalue weighted by Crippen LogP contribution is 2.43. The van der Waals surface area contributed by atoms with E-state index >= 15 is 0 Å². The number of H-pyrrole nitrogens is 1. The Morgan fingerprint density at radius 2 is 1.91 bits per heavy atom. The Bertz CT molecular complexity index is 983. The fraction of sp³-hybridized carbons (Fsp3) is 0.630. The SMILES string of the molecule is CN(CCOc1ccc(Cc2sc(=O)[nH]c2O)cc1)C(=O)CCCC1CC[C@@H]2CCCC[C@H]2C1. The van der Waals surface area contributed by atoms with Gasteiger partial charge in [0.25, 0.3) is 0 Å². The molecule has 7 heteroatoms. The van der Waals surface area contributed by atoms with Crippen molar-refractivity contribution >= 4 is 17.2 Å². The zero-order valence-corrected chi connectivity index (χ0v) is 21.1. The molecule has 34 heavy (non-hydrogen) atoms. The first-order valence-electron chi connectivity index (χ1n) is 12.8. The van der Waals surface area contributed by atoms with Crippen LogP contribution in [0, 0.1) is 17.8 Å². The summed E-state index contributed by atoms with van der Waals surface area (Å²) in [5, 5.41) is 9.72. The molecule has 4 rings (SSSR count). The highest BCUT2D eigenvalue weighted by molar-refractivity contribution is 7.09. The number of rotatable bonds is 10. The van der Waals surface area contributed by atoms with Crippen molar-refractivity contribution in [2.24, 2.45) is 17.8 Å². The molecule has 2 aliphatic rings. The molecule has 1 amide bonds. The van der Waals surface area contributed by atoms with Crippen molar-refractivity contribution in [1.82, 2.24) is 9.88 Å². The van der Waals surface area contributed by atoms with Crippen molar-refractivity contribution in [3.8, 4) is 11.6 Å². The number of aromatic amines is 1. The molecule has 6 nitrogen and oxygen atoms in total. The summed E-state index contributed by atoms with van der Waals surface area (Å²) in [4.78, 5) is 28.4. The van der Waals surface area contributed by atoms with Crippen molar-refractivity contribution in [2.45, 2.75) is 70.6 Å². The third-order valence-corrected chi connectivity index (χ3v) is 8.63. The molecule has 186 valence electrons. The van der Waals surface area contributed by atoms with Crippen molar-refractivity contribution < 1.29 is 14.6 Å². The number of hydrogen-bond donors (Lipinski definition) is 2. The van der Waals surface area contributed by atoms with Gasteiger partial charge in [-0.15, -0.1) is 0 Å². The molecule has 2 N–H and O–H groups in total. The van der Waals surface area contributed by atoms with Gasteiger partial charge in [-0.1, -0.05) is 55.6 Å². The van der Waals surface area contributed by atoms with Crippen LogP contribution in [0.4, 0.5) is 0 Å². The standard InChI is InChI=1S/C27H38N2O4S/c1-29(25(30)8-4-5-19-9-12-21-6-2-3-7-22(21)17-19)15-16-33-23-13-10-20(11-14-23)18-24-26(31)28-27(32)34-24/h10-11,13-14,19,21-22,31H,2-9,12,15-18H2,1H3,(H,28,32)/t19?,21-,22-/m0/s1. The number of benzene rings is 1. The molecule has 0 saturated heterocycles. The van der Waals surface area contributed by atoms with E-state index in [0.717, 1.165) is 46.8 Å². The average molecular weight is 487 g/mol. The summed E-state index contributed by atoms with van der Waals surface area (Å²) in [5.41, 5.74) is 0.988. The van der Waals surface area contributed by atoms with Crippen LogP contribution in [0.2, 0.25) is 0 Å². The molecule has 0 bridgehead atoms. The summed E-state index contributed by atoms with van der Waals surface area (Å²) in [6, 6.07) is 7.61. The van der Waals surface area contributed by atoms with Gasteiger partial charge < -0.3 is 14.7 Å². The second-order valence-electron chi connectivity index (χ2n) is 10.1. The van der Waals surface area contributed by atoms with Gasteiger partial charge in [0.15, 0.2) is 0 Å². The number of hydrogen-bond acceptors (Lipinski definition) is 5. The Balaban J connectivity index is 1.11. The van der Waals surface area contributed by atoms with Gasteiger partial charge in [-0.2, -0.15) is 0 Å². The third kappa shape index (κ3) is 6.87. The van der Waals surface area contributed by atoms with E-state index in [1.54, 1.807) is 4.90 Å². The molecule has 0 aliphatic heterocycles. The number of aromatic nitrogens is 1. The van der Waals surface area contributed by atoms with Gasteiger partial charge in [0, 0.05) is 19.9 Å². The van der Waals surface area contributed by atoms with Gasteiger partial charge in [-0.05, 0) is 61.1 Å². The van der Waals surface area contributed by atoms with Crippen LogP contribution in [0.15, 0.2) is 29.1 Å². The Kier molecular flexibility index (Phi) is 8.70. The number of fused-ring (bicyclic) bond motifs is 1. The predicted molar refractivity (Wildman–Crippen MR) is 136 cm³/mol. The lowest BCUT2D eigenvalue weighted by Crippen LogP contribution is -2.31. The molecule has 3 atom stereocenters. The van der Waals surface area contributed by atoms with Gasteiger partial charge in [0.2, 0.25) is 11.8 Å². The van der Waals surface area contributed by atoms with Crippen molar-refractivity contribution in [1.29, 1.82) is 0 Å². The van der Waals surface area contributed by atoms with Gasteiger partial charge in [-0.3, -0.25) is 14.6 Å². The summed E-state index contributed by atoms with van der Waals surface area (Å²) in [7, 11) is 1.86. The molecule has 2 saturated carbocycles. The van der Waals surface area contributed by atoms with E-state index in [0.29, 0.717) is 30.9 Å². The molecular weight excluding hydrogens is 448 g/mol. The summed E-state index contributed by atoms with van der Waals surface area (Å²) >= 11 is 1.02. The summed E-state index contributed by atoms with van der Waals surface area (Å²) in [5.74, 6) is 3.68. The Morgan fingerprint density at radius 3 is 2.65 bits per heavy atom. The van der Waals surface area contributed by atoms with Gasteiger partial charge in [0.1, 0.15) is 12.4 Å². The first-order chi connectivity index (χ1) is 16.5. The van der Waals surface area contributed by atoms with Gasteiger partial charge in [0.05, 0.1) is 11.4 Å². The number of ether oxygens (including phenoxy) is 1. The number of carbonyl (C=O) groups excluding carboxylic acids is 1. The van der Waals surface area contributed by atoms with Crippen molar-refractivity contribution in [2.75, 3.05) is 20.2 Å². The zero-order valence-electron chi connectivity index (χ0n) is 20.3. The number of thiazole rings is 1. The largest absolute Gasteiger partial charge is 0.494 e. The number of carbonyl (C=O) groups is 1. The molecule has 2 aliphatic carbocycles. The lowest BCUT2D eigenvalue weighted by Gasteiger charge is -2.39. The van der Waals surface area contributed by atoms with E-state index in [1.165, 1.54) is 51.4 Å². The maximum atomic E-state index is 12.5. The van der Waals surface area contributed by atoms with Crippen LogP contribution in [0.1, 0.15) is 74.6 Å². The Labute approximate surface area is 206 Å². The topological polar surface area (TPSA) is 82.6 Å². The fourth-order valence-corrected chi connectivity index (χ4v) is 6.51. The van der Waals surface area contributed by atoms with Gasteiger partial charge in [-0.25, -0.2) is 0 Å². The zero-order chi connectivity index (χ0) is 23.9. The lowest BCUT2D eigenvalue weighted by atomic mass is 9.67. The molecule has 2 fully saturated rings. The van der Waals surface area contributed by atoms with Crippen LogP contribution < -0.4 is 9.61 Å². The maximum absolute atomic E-state index is 12.5. The number of aromatic hydroxyl groups is 1. The lowest BCUT2D eigenvalue weighted by molar-refractivity contribution is -0.130. The minimum atomic E-state index is -0.252. The van der Waals surface area contributed by atoms with E-state index in [9.17, 15) is 14.7 Å². The molecule has 1 unspecified atom stereocenters. The van der Waals surface area contributed by atoms with Crippen LogP contribution >= 0.6 is 11.3 Å². The normalized spacial score (nSPS) is 22.2. The number of nitrogens with one attached hydrogen (secondary N) is 1. The average Bonchev–Trinajstić information content (AvgIpc) is 3.16. The molecule has 1 aromatic heterocycles. The first-order valence-corrected chi connectivity index (χ1v) is 13.7. The van der Waals surface area contributed by atoms with E-state index in [4.69, 9.17) is 4.74 Å². The van der Waals surface area contributed by atoms with Gasteiger partial charge >= 0.3 is 4.87 Å². The minimum Gasteiger partial charge on any atom is -0.494 e.